The van der Waals surface area contributed by atoms with Crippen LogP contribution in [-0.2, 0) is 0 Å². The van der Waals surface area contributed by atoms with E-state index in [1.165, 1.54) is 0 Å². The van der Waals surface area contributed by atoms with Gasteiger partial charge in [0.1, 0.15) is 11.2 Å². The van der Waals surface area contributed by atoms with Crippen LogP contribution >= 0.6 is 0 Å². The van der Waals surface area contributed by atoms with Gasteiger partial charge in [0.2, 0.25) is 23.0 Å². The van der Waals surface area contributed by atoms with Gasteiger partial charge >= 0.3 is 0 Å². The van der Waals surface area contributed by atoms with Crippen LogP contribution in [0, 0.1) is 0 Å². The Kier molecular flexibility index (Phi) is 5.62. The van der Waals surface area contributed by atoms with Crippen molar-refractivity contribution in [1.29, 1.82) is 0 Å². The Morgan fingerprint density at radius 1 is 0.347 bits per heavy atom. The molecular weight excluding hydrogens is 624 g/mol. The molecule has 0 radical (unpaired) electrons. The Morgan fingerprint density at radius 2 is 0.816 bits per heavy atom. The van der Waals surface area contributed by atoms with Crippen LogP contribution in [0.2, 0.25) is 0 Å². The predicted octanol–water partition coefficient (Wildman–Crippen LogP) is 9.18. The quantitative estimate of drug-likeness (QED) is 0.0393. The summed E-state index contributed by atoms with van der Waals surface area (Å²) in [4.78, 5) is 0. The maximum Gasteiger partial charge on any atom is 0.204 e. The Bertz CT molecular complexity index is 2840. The molecule has 49 heavy (non-hydrogen) atoms. The highest BCUT2D eigenvalue weighted by molar-refractivity contribution is 6.31. The van der Waals surface area contributed by atoms with Crippen molar-refractivity contribution in [2.45, 2.75) is 0 Å². The molecule has 8 aromatic carbocycles. The molecule has 9 rings (SSSR count). The normalized spacial score (nSPS) is 11.9. The Hall–Kier alpha value is -7.00. The second-order valence-electron chi connectivity index (χ2n) is 12.0. The van der Waals surface area contributed by atoms with Gasteiger partial charge < -0.3 is 45.3 Å². The van der Waals surface area contributed by atoms with Crippen LogP contribution in [0.4, 0.5) is 0 Å². The number of aromatic hydroxyl groups is 8. The summed E-state index contributed by atoms with van der Waals surface area (Å²) in [5, 5.41) is 94.1. The molecule has 0 aliphatic carbocycles. The van der Waals surface area contributed by atoms with Crippen molar-refractivity contribution in [3.05, 3.63) is 97.1 Å². The fourth-order valence-corrected chi connectivity index (χ4v) is 7.32. The highest BCUT2D eigenvalue weighted by atomic mass is 16.4. The molecule has 0 aliphatic rings. The molecule has 0 saturated heterocycles. The molecule has 0 spiro atoms. The summed E-state index contributed by atoms with van der Waals surface area (Å²) in [5.74, 6) is -7.47. The van der Waals surface area contributed by atoms with Crippen LogP contribution in [-0.4, -0.2) is 40.9 Å². The van der Waals surface area contributed by atoms with E-state index in [-0.39, 0.29) is 38.2 Å². The first kappa shape index (κ1) is 28.2. The zero-order chi connectivity index (χ0) is 33.9. The molecule has 0 aliphatic heterocycles. The second-order valence-corrected chi connectivity index (χ2v) is 12.0. The van der Waals surface area contributed by atoms with Crippen molar-refractivity contribution < 1.29 is 45.3 Å². The summed E-state index contributed by atoms with van der Waals surface area (Å²) in [6.07, 6.45) is 0. The van der Waals surface area contributed by atoms with Gasteiger partial charge in [0.15, 0.2) is 23.0 Å². The summed E-state index contributed by atoms with van der Waals surface area (Å²) in [6.45, 7) is 0. The van der Waals surface area contributed by atoms with Gasteiger partial charge in [-0.3, -0.25) is 0 Å². The van der Waals surface area contributed by atoms with Crippen molar-refractivity contribution in [3.8, 4) is 68.2 Å². The fourth-order valence-electron chi connectivity index (χ4n) is 7.32. The van der Waals surface area contributed by atoms with Crippen LogP contribution in [0.5, 0.6) is 46.0 Å². The highest BCUT2D eigenvalue weighted by Gasteiger charge is 2.33. The van der Waals surface area contributed by atoms with E-state index >= 15 is 0 Å². The molecule has 0 atom stereocenters. The average molecular weight is 649 g/mol. The Balaban J connectivity index is 1.58. The standard InChI is InChI=1S/C40H24O9/c41-33-29-27(18-13-14-23-22-11-5-6-12-25(22)49-26(23)16-18)30-32(36(44)40(48)38(46)34(30)42)28(31(29)35(43)39(47)37(33)45)24-15-17-7-1-2-8-19(17)20-9-3-4-10-21(20)24/h1-16,41-48H. The maximum atomic E-state index is 11.7. The highest BCUT2D eigenvalue weighted by Crippen LogP contribution is 2.62. The predicted molar refractivity (Wildman–Crippen MR) is 188 cm³/mol. The minimum absolute atomic E-state index is 0.00767. The summed E-state index contributed by atoms with van der Waals surface area (Å²) < 4.78 is 6.11. The maximum absolute atomic E-state index is 11.7. The van der Waals surface area contributed by atoms with Crippen molar-refractivity contribution in [2.24, 2.45) is 0 Å². The summed E-state index contributed by atoms with van der Waals surface area (Å²) >= 11 is 0. The zero-order valence-corrected chi connectivity index (χ0v) is 25.2. The second kappa shape index (κ2) is 9.76. The first-order chi connectivity index (χ1) is 23.7. The van der Waals surface area contributed by atoms with E-state index in [9.17, 15) is 40.9 Å². The molecule has 9 heteroatoms. The number of phenols is 8. The molecule has 1 aromatic heterocycles. The van der Waals surface area contributed by atoms with E-state index in [1.54, 1.807) is 36.4 Å². The van der Waals surface area contributed by atoms with Crippen molar-refractivity contribution in [1.82, 2.24) is 0 Å². The van der Waals surface area contributed by atoms with Crippen molar-refractivity contribution in [2.75, 3.05) is 0 Å². The van der Waals surface area contributed by atoms with Gasteiger partial charge in [-0.15, -0.1) is 0 Å². The van der Waals surface area contributed by atoms with Crippen LogP contribution in [0.15, 0.2) is 101 Å². The van der Waals surface area contributed by atoms with E-state index in [0.717, 1.165) is 26.9 Å². The molecule has 0 saturated carbocycles. The minimum atomic E-state index is -1.03. The van der Waals surface area contributed by atoms with Gasteiger partial charge in [0.05, 0.1) is 0 Å². The minimum Gasteiger partial charge on any atom is -0.504 e. The van der Waals surface area contributed by atoms with Gasteiger partial charge in [-0.1, -0.05) is 72.8 Å². The van der Waals surface area contributed by atoms with E-state index in [0.29, 0.717) is 22.1 Å². The van der Waals surface area contributed by atoms with E-state index in [2.05, 4.69) is 0 Å². The third kappa shape index (κ3) is 3.63. The summed E-state index contributed by atoms with van der Waals surface area (Å²) in [6, 6.07) is 29.1. The topological polar surface area (TPSA) is 175 Å². The molecule has 238 valence electrons. The SMILES string of the molecule is Oc1c(O)c(O)c2c(-c3cc4ccccc4c4ccccc34)c3c(O)c(O)c(O)c(O)c3c(-c3ccc4c(c3)oc3ccccc34)c2c1O. The Labute approximate surface area is 275 Å². The lowest BCUT2D eigenvalue weighted by molar-refractivity contribution is 0.350. The number of phenolic OH excluding ortho intramolecular Hbond substituents is 8. The van der Waals surface area contributed by atoms with Crippen LogP contribution in [0.1, 0.15) is 0 Å². The Morgan fingerprint density at radius 3 is 1.43 bits per heavy atom. The van der Waals surface area contributed by atoms with Gasteiger partial charge in [-0.05, 0) is 56.9 Å². The van der Waals surface area contributed by atoms with Gasteiger partial charge in [-0.2, -0.15) is 0 Å². The smallest absolute Gasteiger partial charge is 0.204 e. The van der Waals surface area contributed by atoms with Gasteiger partial charge in [0, 0.05) is 43.4 Å². The molecule has 0 amide bonds. The molecule has 9 aromatic rings. The summed E-state index contributed by atoms with van der Waals surface area (Å²) in [5.41, 5.74) is 1.62. The van der Waals surface area contributed by atoms with Crippen LogP contribution in [0.25, 0.3) is 87.3 Å². The fraction of sp³-hybridized carbons (Fsp3) is 0. The van der Waals surface area contributed by atoms with Gasteiger partial charge in [0.25, 0.3) is 0 Å². The molecule has 0 bridgehead atoms. The summed E-state index contributed by atoms with van der Waals surface area (Å²) in [7, 11) is 0. The van der Waals surface area contributed by atoms with E-state index in [1.807, 2.05) is 60.7 Å². The van der Waals surface area contributed by atoms with E-state index < -0.39 is 46.0 Å². The van der Waals surface area contributed by atoms with Gasteiger partial charge in [-0.25, -0.2) is 0 Å². The molecule has 8 N–H and O–H groups in total. The molecule has 0 unspecified atom stereocenters. The third-order valence-electron chi connectivity index (χ3n) is 9.50. The molecule has 9 nitrogen and oxygen atoms in total. The van der Waals surface area contributed by atoms with Crippen LogP contribution < -0.4 is 0 Å². The first-order valence-electron chi connectivity index (χ1n) is 15.2. The lowest BCUT2D eigenvalue weighted by Gasteiger charge is -2.23. The number of rotatable bonds is 2. The van der Waals surface area contributed by atoms with Crippen molar-refractivity contribution >= 4 is 65.0 Å². The van der Waals surface area contributed by atoms with Crippen molar-refractivity contribution in [3.63, 3.8) is 0 Å². The largest absolute Gasteiger partial charge is 0.504 e. The molecule has 1 heterocycles. The lowest BCUT2D eigenvalue weighted by Crippen LogP contribution is -1.95. The molecular formula is C40H24O9. The number of furan rings is 1. The number of hydrogen-bond acceptors (Lipinski definition) is 9. The molecule has 0 fully saturated rings. The lowest BCUT2D eigenvalue weighted by atomic mass is 9.82. The van der Waals surface area contributed by atoms with E-state index in [4.69, 9.17) is 4.42 Å². The number of hydrogen-bond donors (Lipinski definition) is 8. The first-order valence-corrected chi connectivity index (χ1v) is 15.2. The number of fused-ring (bicyclic) bond motifs is 8. The number of benzene rings is 8. The number of para-hydroxylation sites is 1. The van der Waals surface area contributed by atoms with Crippen LogP contribution in [0.3, 0.4) is 0 Å². The third-order valence-corrected chi connectivity index (χ3v) is 9.50. The monoisotopic (exact) mass is 648 g/mol. The zero-order valence-electron chi connectivity index (χ0n) is 25.2. The average Bonchev–Trinajstić information content (AvgIpc) is 3.51.